The van der Waals surface area contributed by atoms with E-state index in [9.17, 15) is 14.7 Å². The van der Waals surface area contributed by atoms with Crippen LogP contribution in [0.5, 0.6) is 5.75 Å². The maximum Gasteiger partial charge on any atom is 0.322 e. The molecule has 8 nitrogen and oxygen atoms in total. The first-order valence-corrected chi connectivity index (χ1v) is 6.96. The van der Waals surface area contributed by atoms with Crippen molar-refractivity contribution in [3.63, 3.8) is 0 Å². The highest BCUT2D eigenvalue weighted by molar-refractivity contribution is 6.10. The molecule has 3 rings (SSSR count). The Hall–Kier alpha value is -3.55. The van der Waals surface area contributed by atoms with Crippen LogP contribution >= 0.6 is 0 Å². The minimum Gasteiger partial charge on any atom is -0.507 e. The summed E-state index contributed by atoms with van der Waals surface area (Å²) in [6.07, 6.45) is 4.45. The first-order chi connectivity index (χ1) is 11.6. The molecular formula is C16H12N4O4. The molecule has 0 unspecified atom stereocenters. The van der Waals surface area contributed by atoms with Crippen LogP contribution in [0.3, 0.4) is 0 Å². The molecule has 0 aliphatic rings. The molecule has 1 amide bonds. The Kier molecular flexibility index (Phi) is 4.02. The third-order valence-electron chi connectivity index (χ3n) is 3.30. The first kappa shape index (κ1) is 15.3. The number of nitrogens with one attached hydrogen (secondary N) is 1. The van der Waals surface area contributed by atoms with Gasteiger partial charge in [0.2, 0.25) is 0 Å². The van der Waals surface area contributed by atoms with Gasteiger partial charge in [-0.15, -0.1) is 0 Å². The van der Waals surface area contributed by atoms with Crippen molar-refractivity contribution in [1.29, 1.82) is 0 Å². The Bertz CT molecular complexity index is 928. The summed E-state index contributed by atoms with van der Waals surface area (Å²) in [4.78, 5) is 35.4. The van der Waals surface area contributed by atoms with Gasteiger partial charge in [0, 0.05) is 24.2 Å². The number of hydrogen-bond donors (Lipinski definition) is 3. The number of rotatable bonds is 4. The van der Waals surface area contributed by atoms with E-state index in [0.717, 1.165) is 0 Å². The molecule has 0 bridgehead atoms. The van der Waals surface area contributed by atoms with Gasteiger partial charge in [-0.3, -0.25) is 24.5 Å². The number of phenols is 1. The van der Waals surface area contributed by atoms with Crippen LogP contribution in [0.2, 0.25) is 0 Å². The van der Waals surface area contributed by atoms with Crippen LogP contribution in [0, 0.1) is 0 Å². The molecule has 0 saturated carbocycles. The second-order valence-corrected chi connectivity index (χ2v) is 4.86. The summed E-state index contributed by atoms with van der Waals surface area (Å²) in [7, 11) is 0. The number of aliphatic carboxylic acids is 1. The van der Waals surface area contributed by atoms with Gasteiger partial charge in [-0.25, -0.2) is 0 Å². The van der Waals surface area contributed by atoms with Crippen molar-refractivity contribution in [3.8, 4) is 17.0 Å². The van der Waals surface area contributed by atoms with E-state index in [4.69, 9.17) is 5.11 Å². The van der Waals surface area contributed by atoms with Crippen LogP contribution in [0.1, 0.15) is 10.4 Å². The van der Waals surface area contributed by atoms with E-state index in [1.54, 1.807) is 24.4 Å². The van der Waals surface area contributed by atoms with E-state index in [-0.39, 0.29) is 16.8 Å². The highest BCUT2D eigenvalue weighted by Crippen LogP contribution is 2.33. The van der Waals surface area contributed by atoms with Gasteiger partial charge in [0.05, 0.1) is 11.2 Å². The number of hydrogen-bond acceptors (Lipinski definition) is 6. The molecule has 3 aromatic rings. The predicted molar refractivity (Wildman–Crippen MR) is 84.4 cm³/mol. The van der Waals surface area contributed by atoms with Gasteiger partial charge >= 0.3 is 5.97 Å². The summed E-state index contributed by atoms with van der Waals surface area (Å²) < 4.78 is 0. The van der Waals surface area contributed by atoms with Crippen LogP contribution < -0.4 is 5.32 Å². The van der Waals surface area contributed by atoms with Gasteiger partial charge in [0.15, 0.2) is 0 Å². The molecule has 0 saturated heterocycles. The summed E-state index contributed by atoms with van der Waals surface area (Å²) >= 11 is 0. The lowest BCUT2D eigenvalue weighted by atomic mass is 10.0. The summed E-state index contributed by atoms with van der Waals surface area (Å²) in [6, 6.07) is 6.65. The summed E-state index contributed by atoms with van der Waals surface area (Å²) in [5.74, 6) is -2.26. The van der Waals surface area contributed by atoms with Crippen LogP contribution in [0.15, 0.2) is 42.9 Å². The lowest BCUT2D eigenvalue weighted by Crippen LogP contribution is -2.29. The molecule has 0 spiro atoms. The second kappa shape index (κ2) is 6.29. The fourth-order valence-electron chi connectivity index (χ4n) is 2.30. The third-order valence-corrected chi connectivity index (χ3v) is 3.30. The molecule has 3 N–H and O–H groups in total. The first-order valence-electron chi connectivity index (χ1n) is 6.96. The van der Waals surface area contributed by atoms with Crippen molar-refractivity contribution in [2.45, 2.75) is 0 Å². The quantitative estimate of drug-likeness (QED) is 0.658. The standard InChI is InChI=1S/C16H12N4O4/c21-11-7-9(10-3-1-2-4-17-10)14-15(19-6-5-18-14)13(11)16(24)20-8-12(22)23/h1-7,21H,8H2,(H,20,24)(H,22,23). The van der Waals surface area contributed by atoms with Gasteiger partial charge in [-0.05, 0) is 18.2 Å². The van der Waals surface area contributed by atoms with E-state index in [1.165, 1.54) is 18.5 Å². The Balaban J connectivity index is 2.18. The molecule has 0 atom stereocenters. The Morgan fingerprint density at radius 2 is 1.79 bits per heavy atom. The van der Waals surface area contributed by atoms with Crippen molar-refractivity contribution in [2.24, 2.45) is 0 Å². The van der Waals surface area contributed by atoms with Crippen molar-refractivity contribution in [1.82, 2.24) is 20.3 Å². The van der Waals surface area contributed by atoms with Crippen LogP contribution in [0.25, 0.3) is 22.3 Å². The zero-order chi connectivity index (χ0) is 17.1. The topological polar surface area (TPSA) is 125 Å². The molecule has 2 aromatic heterocycles. The fourth-order valence-corrected chi connectivity index (χ4v) is 2.30. The number of carbonyl (C=O) groups is 2. The Morgan fingerprint density at radius 1 is 1.04 bits per heavy atom. The van der Waals surface area contributed by atoms with Crippen LogP contribution in [-0.2, 0) is 4.79 Å². The van der Waals surface area contributed by atoms with Crippen molar-refractivity contribution in [3.05, 3.63) is 48.4 Å². The highest BCUT2D eigenvalue weighted by atomic mass is 16.4. The number of carbonyl (C=O) groups excluding carboxylic acids is 1. The largest absolute Gasteiger partial charge is 0.507 e. The highest BCUT2D eigenvalue weighted by Gasteiger charge is 2.21. The van der Waals surface area contributed by atoms with Gasteiger partial charge in [0.1, 0.15) is 23.4 Å². The number of aromatic hydroxyl groups is 1. The minimum atomic E-state index is -1.19. The fraction of sp³-hybridized carbons (Fsp3) is 0.0625. The zero-order valence-electron chi connectivity index (χ0n) is 12.3. The third kappa shape index (κ3) is 2.84. The number of benzene rings is 1. The monoisotopic (exact) mass is 324 g/mol. The number of pyridine rings is 1. The molecule has 0 fully saturated rings. The smallest absolute Gasteiger partial charge is 0.322 e. The summed E-state index contributed by atoms with van der Waals surface area (Å²) in [5, 5.41) is 21.2. The number of phenolic OH excluding ortho intramolecular Hbond substituents is 1. The van der Waals surface area contributed by atoms with E-state index in [0.29, 0.717) is 16.8 Å². The number of carboxylic acids is 1. The molecule has 2 heterocycles. The molecule has 0 aliphatic heterocycles. The average molecular weight is 324 g/mol. The van der Waals surface area contributed by atoms with Crippen molar-refractivity contribution >= 4 is 22.9 Å². The van der Waals surface area contributed by atoms with E-state index < -0.39 is 18.4 Å². The second-order valence-electron chi connectivity index (χ2n) is 4.86. The number of fused-ring (bicyclic) bond motifs is 1. The van der Waals surface area contributed by atoms with E-state index in [1.807, 2.05) is 0 Å². The van der Waals surface area contributed by atoms with Gasteiger partial charge < -0.3 is 15.5 Å². The molecule has 24 heavy (non-hydrogen) atoms. The summed E-state index contributed by atoms with van der Waals surface area (Å²) in [6.45, 7) is -0.567. The van der Waals surface area contributed by atoms with E-state index >= 15 is 0 Å². The Morgan fingerprint density at radius 3 is 2.46 bits per heavy atom. The molecule has 1 aromatic carbocycles. The minimum absolute atomic E-state index is 0.126. The SMILES string of the molecule is O=C(O)CNC(=O)c1c(O)cc(-c2ccccn2)c2nccnc12. The molecular weight excluding hydrogens is 312 g/mol. The molecule has 0 radical (unpaired) electrons. The maximum absolute atomic E-state index is 12.2. The summed E-state index contributed by atoms with van der Waals surface area (Å²) in [5.41, 5.74) is 1.51. The normalized spacial score (nSPS) is 10.5. The Labute approximate surface area is 135 Å². The molecule has 0 aliphatic carbocycles. The maximum atomic E-state index is 12.2. The average Bonchev–Trinajstić information content (AvgIpc) is 2.59. The van der Waals surface area contributed by atoms with E-state index in [2.05, 4.69) is 20.3 Å². The van der Waals surface area contributed by atoms with Gasteiger partial charge in [-0.1, -0.05) is 6.07 Å². The number of amides is 1. The number of nitrogens with zero attached hydrogens (tertiary/aromatic N) is 3. The lowest BCUT2D eigenvalue weighted by Gasteiger charge is -2.11. The lowest BCUT2D eigenvalue weighted by molar-refractivity contribution is -0.135. The molecule has 8 heteroatoms. The van der Waals surface area contributed by atoms with Crippen molar-refractivity contribution in [2.75, 3.05) is 6.54 Å². The number of aromatic nitrogens is 3. The molecule has 120 valence electrons. The number of carboxylic acid groups (broad SMARTS) is 1. The van der Waals surface area contributed by atoms with Crippen LogP contribution in [-0.4, -0.2) is 43.6 Å². The van der Waals surface area contributed by atoms with Gasteiger partial charge in [-0.2, -0.15) is 0 Å². The van der Waals surface area contributed by atoms with Gasteiger partial charge in [0.25, 0.3) is 5.91 Å². The predicted octanol–water partition coefficient (Wildman–Crippen LogP) is 1.21. The van der Waals surface area contributed by atoms with Crippen molar-refractivity contribution < 1.29 is 19.8 Å². The van der Waals surface area contributed by atoms with Crippen LogP contribution in [0.4, 0.5) is 0 Å². The zero-order valence-corrected chi connectivity index (χ0v) is 12.3.